The quantitative estimate of drug-likeness (QED) is 0.894. The first-order valence-corrected chi connectivity index (χ1v) is 6.35. The highest BCUT2D eigenvalue weighted by atomic mass is 16.5. The largest absolute Gasteiger partial charge is 0.491 e. The first-order chi connectivity index (χ1) is 8.99. The normalized spacial score (nSPS) is 19.6. The van der Waals surface area contributed by atoms with Crippen molar-refractivity contribution in [2.24, 2.45) is 0 Å². The lowest BCUT2D eigenvalue weighted by atomic mass is 10.1. The highest BCUT2D eigenvalue weighted by Gasteiger charge is 2.31. The molecule has 1 aliphatic heterocycles. The minimum atomic E-state index is -0.488. The number of ether oxygens (including phenoxy) is 1. The average molecular weight is 262 g/mol. The predicted molar refractivity (Wildman–Crippen MR) is 72.2 cm³/mol. The molecule has 102 valence electrons. The molecule has 2 rings (SSSR count). The third kappa shape index (κ3) is 2.86. The van der Waals surface area contributed by atoms with Gasteiger partial charge in [0.05, 0.1) is 12.6 Å². The number of nitrogens with one attached hydrogen (secondary N) is 1. The summed E-state index contributed by atoms with van der Waals surface area (Å²) in [6.07, 6.45) is 0.104. The fourth-order valence-corrected chi connectivity index (χ4v) is 2.05. The summed E-state index contributed by atoms with van der Waals surface area (Å²) in [4.78, 5) is 25.0. The number of piperazine rings is 1. The van der Waals surface area contributed by atoms with Crippen LogP contribution < -0.4 is 15.0 Å². The lowest BCUT2D eigenvalue weighted by molar-refractivity contribution is -0.130. The zero-order valence-corrected chi connectivity index (χ0v) is 11.3. The van der Waals surface area contributed by atoms with Gasteiger partial charge < -0.3 is 10.1 Å². The first-order valence-electron chi connectivity index (χ1n) is 6.35. The summed E-state index contributed by atoms with van der Waals surface area (Å²) in [7, 11) is 0. The topological polar surface area (TPSA) is 58.6 Å². The van der Waals surface area contributed by atoms with Crippen molar-refractivity contribution in [2.75, 3.05) is 11.4 Å². The van der Waals surface area contributed by atoms with Crippen molar-refractivity contribution in [3.8, 4) is 5.75 Å². The summed E-state index contributed by atoms with van der Waals surface area (Å²) in [6.45, 7) is 5.67. The van der Waals surface area contributed by atoms with Gasteiger partial charge in [-0.25, -0.2) is 0 Å². The van der Waals surface area contributed by atoms with E-state index >= 15 is 0 Å². The predicted octanol–water partition coefficient (Wildman–Crippen LogP) is 1.33. The molecular formula is C14H18N2O3. The maximum Gasteiger partial charge on any atom is 0.247 e. The highest BCUT2D eigenvalue weighted by Crippen LogP contribution is 2.23. The van der Waals surface area contributed by atoms with Crippen LogP contribution in [-0.4, -0.2) is 30.5 Å². The van der Waals surface area contributed by atoms with E-state index in [1.54, 1.807) is 19.1 Å². The summed E-state index contributed by atoms with van der Waals surface area (Å²) in [5, 5.41) is 2.56. The van der Waals surface area contributed by atoms with Crippen LogP contribution in [0.3, 0.4) is 0 Å². The summed E-state index contributed by atoms with van der Waals surface area (Å²) < 4.78 is 5.55. The molecule has 1 atom stereocenters. The molecule has 1 fully saturated rings. The first kappa shape index (κ1) is 13.4. The van der Waals surface area contributed by atoms with Crippen LogP contribution in [0.2, 0.25) is 0 Å². The monoisotopic (exact) mass is 262 g/mol. The molecule has 0 saturated carbocycles. The molecule has 0 aromatic heterocycles. The van der Waals surface area contributed by atoms with Crippen molar-refractivity contribution in [3.63, 3.8) is 0 Å². The molecule has 1 unspecified atom stereocenters. The third-order valence-electron chi connectivity index (χ3n) is 2.94. The van der Waals surface area contributed by atoms with Gasteiger partial charge in [0.25, 0.3) is 0 Å². The molecule has 1 aliphatic rings. The minimum absolute atomic E-state index is 0.0490. The standard InChI is InChI=1S/C14H18N2O3/c1-9(2)19-12-6-4-11(5-7-12)16-10(3)14(18)15-8-13(16)17/h4-7,9-10H,8H2,1-3H3,(H,15,18). The van der Waals surface area contributed by atoms with E-state index in [4.69, 9.17) is 4.74 Å². The van der Waals surface area contributed by atoms with Gasteiger partial charge in [-0.1, -0.05) is 0 Å². The number of anilines is 1. The number of hydrogen-bond donors (Lipinski definition) is 1. The Hall–Kier alpha value is -2.04. The fourth-order valence-electron chi connectivity index (χ4n) is 2.05. The number of carbonyl (C=O) groups excluding carboxylic acids is 2. The number of nitrogens with zero attached hydrogens (tertiary/aromatic N) is 1. The van der Waals surface area contributed by atoms with E-state index in [-0.39, 0.29) is 24.5 Å². The van der Waals surface area contributed by atoms with Gasteiger partial charge in [0, 0.05) is 5.69 Å². The van der Waals surface area contributed by atoms with Gasteiger partial charge in [-0.3, -0.25) is 14.5 Å². The summed E-state index contributed by atoms with van der Waals surface area (Å²) in [5.41, 5.74) is 0.712. The molecule has 1 aromatic carbocycles. The van der Waals surface area contributed by atoms with Crippen molar-refractivity contribution in [1.82, 2.24) is 5.32 Å². The number of benzene rings is 1. The van der Waals surface area contributed by atoms with Crippen LogP contribution in [-0.2, 0) is 9.59 Å². The van der Waals surface area contributed by atoms with Crippen molar-refractivity contribution in [1.29, 1.82) is 0 Å². The molecule has 1 N–H and O–H groups in total. The van der Waals surface area contributed by atoms with Gasteiger partial charge in [0.2, 0.25) is 11.8 Å². The number of amides is 2. The Labute approximate surface area is 112 Å². The van der Waals surface area contributed by atoms with Crippen LogP contribution in [0, 0.1) is 0 Å². The molecule has 1 heterocycles. The summed E-state index contributed by atoms with van der Waals surface area (Å²) in [6, 6.07) is 6.72. The molecule has 5 nitrogen and oxygen atoms in total. The molecule has 1 saturated heterocycles. The molecule has 0 radical (unpaired) electrons. The van der Waals surface area contributed by atoms with E-state index < -0.39 is 6.04 Å². The van der Waals surface area contributed by atoms with Crippen molar-refractivity contribution < 1.29 is 14.3 Å². The van der Waals surface area contributed by atoms with Crippen molar-refractivity contribution in [2.45, 2.75) is 32.9 Å². The number of rotatable bonds is 3. The van der Waals surface area contributed by atoms with E-state index in [1.165, 1.54) is 4.90 Å². The Balaban J connectivity index is 2.20. The van der Waals surface area contributed by atoms with E-state index in [1.807, 2.05) is 26.0 Å². The van der Waals surface area contributed by atoms with Gasteiger partial charge in [-0.15, -0.1) is 0 Å². The maximum absolute atomic E-state index is 11.9. The second-order valence-corrected chi connectivity index (χ2v) is 4.82. The zero-order chi connectivity index (χ0) is 14.0. The zero-order valence-electron chi connectivity index (χ0n) is 11.3. The van der Waals surface area contributed by atoms with Crippen LogP contribution in [0.4, 0.5) is 5.69 Å². The average Bonchev–Trinajstić information content (AvgIpc) is 2.36. The smallest absolute Gasteiger partial charge is 0.247 e. The van der Waals surface area contributed by atoms with E-state index in [9.17, 15) is 9.59 Å². The Morgan fingerprint density at radius 3 is 2.47 bits per heavy atom. The van der Waals surface area contributed by atoms with Crippen LogP contribution in [0.1, 0.15) is 20.8 Å². The molecule has 19 heavy (non-hydrogen) atoms. The Morgan fingerprint density at radius 1 is 1.26 bits per heavy atom. The Morgan fingerprint density at radius 2 is 1.89 bits per heavy atom. The highest BCUT2D eigenvalue weighted by molar-refractivity contribution is 6.06. The van der Waals surface area contributed by atoms with Gasteiger partial charge >= 0.3 is 0 Å². The molecule has 2 amide bonds. The summed E-state index contributed by atoms with van der Waals surface area (Å²) in [5.74, 6) is 0.507. The number of hydrogen-bond acceptors (Lipinski definition) is 3. The Bertz CT molecular complexity index is 482. The van der Waals surface area contributed by atoms with Crippen LogP contribution in [0.15, 0.2) is 24.3 Å². The van der Waals surface area contributed by atoms with Crippen LogP contribution >= 0.6 is 0 Å². The lowest BCUT2D eigenvalue weighted by Gasteiger charge is -2.32. The molecular weight excluding hydrogens is 244 g/mol. The molecule has 0 spiro atoms. The maximum atomic E-state index is 11.9. The minimum Gasteiger partial charge on any atom is -0.491 e. The second-order valence-electron chi connectivity index (χ2n) is 4.82. The van der Waals surface area contributed by atoms with Crippen LogP contribution in [0.5, 0.6) is 5.75 Å². The van der Waals surface area contributed by atoms with E-state index in [2.05, 4.69) is 5.32 Å². The van der Waals surface area contributed by atoms with Gasteiger partial charge in [-0.05, 0) is 45.0 Å². The van der Waals surface area contributed by atoms with Gasteiger partial charge in [0.1, 0.15) is 11.8 Å². The molecule has 5 heteroatoms. The fraction of sp³-hybridized carbons (Fsp3) is 0.429. The van der Waals surface area contributed by atoms with Crippen LogP contribution in [0.25, 0.3) is 0 Å². The van der Waals surface area contributed by atoms with E-state index in [0.717, 1.165) is 5.75 Å². The number of carbonyl (C=O) groups is 2. The SMILES string of the molecule is CC(C)Oc1ccc(N2C(=O)CNC(=O)C2C)cc1. The Kier molecular flexibility index (Phi) is 3.74. The molecule has 0 bridgehead atoms. The second kappa shape index (κ2) is 5.30. The van der Waals surface area contributed by atoms with Crippen molar-refractivity contribution in [3.05, 3.63) is 24.3 Å². The molecule has 1 aromatic rings. The van der Waals surface area contributed by atoms with E-state index in [0.29, 0.717) is 5.69 Å². The van der Waals surface area contributed by atoms with Crippen molar-refractivity contribution >= 4 is 17.5 Å². The summed E-state index contributed by atoms with van der Waals surface area (Å²) >= 11 is 0. The van der Waals surface area contributed by atoms with Gasteiger partial charge in [0.15, 0.2) is 0 Å². The third-order valence-corrected chi connectivity index (χ3v) is 2.94. The van der Waals surface area contributed by atoms with Gasteiger partial charge in [-0.2, -0.15) is 0 Å². The lowest BCUT2D eigenvalue weighted by Crippen LogP contribution is -2.57. The molecule has 0 aliphatic carbocycles.